The molecule has 0 unspecified atom stereocenters. The summed E-state index contributed by atoms with van der Waals surface area (Å²) >= 11 is 0. The lowest BCUT2D eigenvalue weighted by atomic mass is 10.1. The molecule has 120 valence electrons. The minimum atomic E-state index is -0.115. The number of ether oxygens (including phenoxy) is 1. The Bertz CT molecular complexity index is 642. The molecule has 0 aromatic carbocycles. The molecule has 0 atom stereocenters. The topological polar surface area (TPSA) is 67.4 Å². The first-order valence-corrected chi connectivity index (χ1v) is 7.74. The summed E-state index contributed by atoms with van der Waals surface area (Å²) in [6.45, 7) is 4.65. The van der Waals surface area contributed by atoms with E-state index in [1.165, 1.54) is 0 Å². The Hall–Kier alpha value is -2.31. The van der Waals surface area contributed by atoms with E-state index in [0.717, 1.165) is 44.1 Å². The van der Waals surface area contributed by atoms with Gasteiger partial charge in [-0.2, -0.15) is 0 Å². The fourth-order valence-electron chi connectivity index (χ4n) is 2.54. The van der Waals surface area contributed by atoms with E-state index in [1.54, 1.807) is 30.7 Å². The van der Waals surface area contributed by atoms with Gasteiger partial charge in [-0.15, -0.1) is 0 Å². The zero-order valence-electron chi connectivity index (χ0n) is 12.9. The molecular weight excluding hydrogens is 292 g/mol. The molecule has 2 aromatic rings. The van der Waals surface area contributed by atoms with E-state index in [0.29, 0.717) is 12.1 Å². The van der Waals surface area contributed by atoms with Gasteiger partial charge in [0.05, 0.1) is 25.5 Å². The minimum absolute atomic E-state index is 0.115. The van der Waals surface area contributed by atoms with Crippen LogP contribution in [-0.4, -0.2) is 47.1 Å². The molecular formula is C17H20N4O2. The standard InChI is InChI=1S/C17H20N4O2/c22-17(14-3-6-18-7-4-14)20-12-16-15(2-1-5-19-16)13-21-8-10-23-11-9-21/h1-7H,8-13H2,(H,20,22). The molecule has 6 heteroatoms. The second-order valence-corrected chi connectivity index (χ2v) is 5.42. The van der Waals surface area contributed by atoms with Crippen LogP contribution in [0.1, 0.15) is 21.6 Å². The number of pyridine rings is 2. The molecule has 0 spiro atoms. The van der Waals surface area contributed by atoms with Crippen molar-refractivity contribution >= 4 is 5.91 Å². The molecule has 1 aliphatic heterocycles. The summed E-state index contributed by atoms with van der Waals surface area (Å²) in [7, 11) is 0. The van der Waals surface area contributed by atoms with Crippen LogP contribution in [0.4, 0.5) is 0 Å². The average molecular weight is 312 g/mol. The van der Waals surface area contributed by atoms with Crippen LogP contribution >= 0.6 is 0 Å². The van der Waals surface area contributed by atoms with Gasteiger partial charge in [-0.1, -0.05) is 6.07 Å². The van der Waals surface area contributed by atoms with Crippen molar-refractivity contribution < 1.29 is 9.53 Å². The van der Waals surface area contributed by atoms with Crippen LogP contribution in [-0.2, 0) is 17.8 Å². The highest BCUT2D eigenvalue weighted by atomic mass is 16.5. The van der Waals surface area contributed by atoms with E-state index in [2.05, 4.69) is 26.3 Å². The first kappa shape index (κ1) is 15.6. The summed E-state index contributed by atoms with van der Waals surface area (Å²) in [4.78, 5) is 22.8. The van der Waals surface area contributed by atoms with E-state index in [-0.39, 0.29) is 5.91 Å². The third-order valence-electron chi connectivity index (χ3n) is 3.84. The third-order valence-corrected chi connectivity index (χ3v) is 3.84. The molecule has 0 aliphatic carbocycles. The highest BCUT2D eigenvalue weighted by molar-refractivity contribution is 5.93. The average Bonchev–Trinajstić information content (AvgIpc) is 2.62. The van der Waals surface area contributed by atoms with Crippen LogP contribution in [0.5, 0.6) is 0 Å². The van der Waals surface area contributed by atoms with Crippen LogP contribution in [0.3, 0.4) is 0 Å². The van der Waals surface area contributed by atoms with Gasteiger partial charge < -0.3 is 10.1 Å². The Kier molecular flexibility index (Phi) is 5.29. The Balaban J connectivity index is 1.62. The molecule has 0 saturated carbocycles. The zero-order chi connectivity index (χ0) is 15.9. The van der Waals surface area contributed by atoms with E-state index in [1.807, 2.05) is 6.07 Å². The van der Waals surface area contributed by atoms with Gasteiger partial charge in [0.2, 0.25) is 0 Å². The fourth-order valence-corrected chi connectivity index (χ4v) is 2.54. The second kappa shape index (κ2) is 7.80. The smallest absolute Gasteiger partial charge is 0.251 e. The number of carbonyl (C=O) groups excluding carboxylic acids is 1. The summed E-state index contributed by atoms with van der Waals surface area (Å²) in [6.07, 6.45) is 4.98. The van der Waals surface area contributed by atoms with Gasteiger partial charge in [-0.05, 0) is 23.8 Å². The number of aromatic nitrogens is 2. The Morgan fingerprint density at radius 3 is 2.74 bits per heavy atom. The lowest BCUT2D eigenvalue weighted by molar-refractivity contribution is 0.0340. The van der Waals surface area contributed by atoms with Crippen molar-refractivity contribution in [1.82, 2.24) is 20.2 Å². The zero-order valence-corrected chi connectivity index (χ0v) is 12.9. The van der Waals surface area contributed by atoms with Gasteiger partial charge in [0.25, 0.3) is 5.91 Å². The van der Waals surface area contributed by atoms with Gasteiger partial charge in [-0.3, -0.25) is 19.7 Å². The summed E-state index contributed by atoms with van der Waals surface area (Å²) in [5.74, 6) is -0.115. The normalized spacial score (nSPS) is 15.3. The van der Waals surface area contributed by atoms with Crippen LogP contribution in [0.25, 0.3) is 0 Å². The van der Waals surface area contributed by atoms with Crippen molar-refractivity contribution in [3.63, 3.8) is 0 Å². The van der Waals surface area contributed by atoms with Gasteiger partial charge in [-0.25, -0.2) is 0 Å². The minimum Gasteiger partial charge on any atom is -0.379 e. The van der Waals surface area contributed by atoms with Crippen molar-refractivity contribution in [2.45, 2.75) is 13.1 Å². The van der Waals surface area contributed by atoms with E-state index >= 15 is 0 Å². The molecule has 0 radical (unpaired) electrons. The fraction of sp³-hybridized carbons (Fsp3) is 0.353. The Labute approximate surface area is 135 Å². The maximum atomic E-state index is 12.1. The second-order valence-electron chi connectivity index (χ2n) is 5.42. The van der Waals surface area contributed by atoms with Gasteiger partial charge in [0, 0.05) is 43.8 Å². The number of nitrogens with one attached hydrogen (secondary N) is 1. The molecule has 3 heterocycles. The van der Waals surface area contributed by atoms with Crippen molar-refractivity contribution in [3.05, 3.63) is 59.7 Å². The number of hydrogen-bond acceptors (Lipinski definition) is 5. The van der Waals surface area contributed by atoms with Crippen molar-refractivity contribution in [1.29, 1.82) is 0 Å². The molecule has 0 bridgehead atoms. The molecule has 23 heavy (non-hydrogen) atoms. The highest BCUT2D eigenvalue weighted by Gasteiger charge is 2.14. The number of rotatable bonds is 5. The van der Waals surface area contributed by atoms with Crippen LogP contribution in [0, 0.1) is 0 Å². The molecule has 3 rings (SSSR count). The molecule has 1 aliphatic rings. The first-order chi connectivity index (χ1) is 11.3. The monoisotopic (exact) mass is 312 g/mol. The maximum Gasteiger partial charge on any atom is 0.251 e. The number of hydrogen-bond donors (Lipinski definition) is 1. The van der Waals surface area contributed by atoms with Crippen molar-refractivity contribution in [3.8, 4) is 0 Å². The lowest BCUT2D eigenvalue weighted by Crippen LogP contribution is -2.36. The van der Waals surface area contributed by atoms with Crippen LogP contribution in [0.15, 0.2) is 42.9 Å². The third kappa shape index (κ3) is 4.34. The first-order valence-electron chi connectivity index (χ1n) is 7.74. The van der Waals surface area contributed by atoms with E-state index in [4.69, 9.17) is 4.74 Å². The maximum absolute atomic E-state index is 12.1. The van der Waals surface area contributed by atoms with Crippen molar-refractivity contribution in [2.75, 3.05) is 26.3 Å². The van der Waals surface area contributed by atoms with Gasteiger partial charge >= 0.3 is 0 Å². The lowest BCUT2D eigenvalue weighted by Gasteiger charge is -2.27. The van der Waals surface area contributed by atoms with Crippen LogP contribution < -0.4 is 5.32 Å². The number of carbonyl (C=O) groups is 1. The van der Waals surface area contributed by atoms with E-state index < -0.39 is 0 Å². The van der Waals surface area contributed by atoms with E-state index in [9.17, 15) is 4.79 Å². The molecule has 1 saturated heterocycles. The Morgan fingerprint density at radius 2 is 1.96 bits per heavy atom. The number of nitrogens with zero attached hydrogens (tertiary/aromatic N) is 3. The SMILES string of the molecule is O=C(NCc1ncccc1CN1CCOCC1)c1ccncc1. The van der Waals surface area contributed by atoms with Gasteiger partial charge in [0.1, 0.15) is 0 Å². The molecule has 1 N–H and O–H groups in total. The van der Waals surface area contributed by atoms with Crippen molar-refractivity contribution in [2.24, 2.45) is 0 Å². The predicted octanol–water partition coefficient (Wildman–Crippen LogP) is 1.24. The largest absolute Gasteiger partial charge is 0.379 e. The summed E-state index contributed by atoms with van der Waals surface area (Å²) in [5.41, 5.74) is 2.65. The summed E-state index contributed by atoms with van der Waals surface area (Å²) in [5, 5.41) is 2.92. The predicted molar refractivity (Wildman–Crippen MR) is 85.7 cm³/mol. The summed E-state index contributed by atoms with van der Waals surface area (Å²) < 4.78 is 5.38. The molecule has 1 amide bonds. The van der Waals surface area contributed by atoms with Crippen LogP contribution in [0.2, 0.25) is 0 Å². The number of morpholine rings is 1. The highest BCUT2D eigenvalue weighted by Crippen LogP contribution is 2.11. The molecule has 6 nitrogen and oxygen atoms in total. The quantitative estimate of drug-likeness (QED) is 0.900. The molecule has 2 aromatic heterocycles. The summed E-state index contributed by atoms with van der Waals surface area (Å²) in [6, 6.07) is 7.39. The Morgan fingerprint density at radius 1 is 1.17 bits per heavy atom. The number of amides is 1. The van der Waals surface area contributed by atoms with Gasteiger partial charge in [0.15, 0.2) is 0 Å². The molecule has 1 fully saturated rings.